The number of hydrogen-bond acceptors (Lipinski definition) is 6. The number of benzene rings is 1. The Morgan fingerprint density at radius 1 is 1.24 bits per heavy atom. The molecule has 0 bridgehead atoms. The molecule has 0 saturated carbocycles. The van der Waals surface area contributed by atoms with E-state index in [9.17, 15) is 5.11 Å². The summed E-state index contributed by atoms with van der Waals surface area (Å²) in [4.78, 5) is 4.33. The number of nitrogens with zero attached hydrogens (tertiary/aromatic N) is 5. The monoisotopic (exact) mass is 363 g/mol. The van der Waals surface area contributed by atoms with Crippen molar-refractivity contribution in [3.05, 3.63) is 46.6 Å². The maximum Gasteiger partial charge on any atom is 0.220 e. The van der Waals surface area contributed by atoms with Gasteiger partial charge in [0, 0.05) is 10.7 Å². The predicted molar refractivity (Wildman–Crippen MR) is 81.6 cm³/mol. The molecule has 6 nitrogen and oxygen atoms in total. The van der Waals surface area contributed by atoms with Crippen LogP contribution in [0.3, 0.4) is 0 Å². The van der Waals surface area contributed by atoms with E-state index in [0.29, 0.717) is 5.16 Å². The molecule has 0 unspecified atom stereocenters. The van der Waals surface area contributed by atoms with E-state index in [2.05, 4.69) is 36.4 Å². The van der Waals surface area contributed by atoms with Gasteiger partial charge in [0.1, 0.15) is 10.8 Å². The molecule has 8 heteroatoms. The van der Waals surface area contributed by atoms with E-state index in [1.54, 1.807) is 35.1 Å². The Morgan fingerprint density at radius 2 is 2.00 bits per heavy atom. The largest absolute Gasteiger partial charge is 0.508 e. The molecule has 1 N–H and O–H groups in total. The van der Waals surface area contributed by atoms with Gasteiger partial charge in [-0.1, -0.05) is 0 Å². The van der Waals surface area contributed by atoms with E-state index in [0.717, 1.165) is 20.7 Å². The second-order valence-electron chi connectivity index (χ2n) is 4.26. The maximum absolute atomic E-state index is 9.33. The molecule has 0 aliphatic carbocycles. The van der Waals surface area contributed by atoms with Crippen molar-refractivity contribution in [1.29, 1.82) is 0 Å². The van der Waals surface area contributed by atoms with Crippen LogP contribution in [0.15, 0.2) is 51.2 Å². The Labute approximate surface area is 133 Å². The summed E-state index contributed by atoms with van der Waals surface area (Å²) in [5.41, 5.74) is 1.87. The van der Waals surface area contributed by atoms with Gasteiger partial charge in [0.05, 0.1) is 5.69 Å². The third-order valence-electron chi connectivity index (χ3n) is 2.75. The summed E-state index contributed by atoms with van der Waals surface area (Å²) < 4.78 is 2.56. The highest BCUT2D eigenvalue weighted by Crippen LogP contribution is 2.28. The van der Waals surface area contributed by atoms with Crippen LogP contribution in [0.4, 0.5) is 0 Å². The number of tetrazole rings is 1. The number of phenolic OH excluding ortho intramolecular Hbond substituents is 1. The Bertz CT molecular complexity index is 774. The molecule has 0 saturated heterocycles. The van der Waals surface area contributed by atoms with Gasteiger partial charge in [-0.3, -0.25) is 0 Å². The summed E-state index contributed by atoms with van der Waals surface area (Å²) in [7, 11) is 0. The molecule has 0 atom stereocenters. The van der Waals surface area contributed by atoms with Crippen molar-refractivity contribution >= 4 is 27.7 Å². The Kier molecular flexibility index (Phi) is 3.89. The standard InChI is InChI=1S/C13H10BrN5OS/c1-8-6-12(15-7-11(8)14)21-13-16-17-18-19(13)9-2-4-10(20)5-3-9/h2-7,20H,1H3. The zero-order valence-electron chi connectivity index (χ0n) is 10.9. The third kappa shape index (κ3) is 3.06. The van der Waals surface area contributed by atoms with Crippen molar-refractivity contribution in [3.8, 4) is 11.4 Å². The lowest BCUT2D eigenvalue weighted by atomic mass is 10.3. The molecule has 0 radical (unpaired) electrons. The number of rotatable bonds is 3. The number of aromatic hydroxyl groups is 1. The first kappa shape index (κ1) is 14.0. The maximum atomic E-state index is 9.33. The second-order valence-corrected chi connectivity index (χ2v) is 6.11. The van der Waals surface area contributed by atoms with E-state index in [4.69, 9.17) is 0 Å². The topological polar surface area (TPSA) is 76.7 Å². The first-order valence-electron chi connectivity index (χ1n) is 6.01. The molecule has 106 valence electrons. The van der Waals surface area contributed by atoms with Gasteiger partial charge >= 0.3 is 0 Å². The second kappa shape index (κ2) is 5.82. The first-order valence-corrected chi connectivity index (χ1v) is 7.62. The molecule has 3 aromatic rings. The van der Waals surface area contributed by atoms with Crippen molar-refractivity contribution in [2.75, 3.05) is 0 Å². The number of aromatic nitrogens is 5. The van der Waals surface area contributed by atoms with Crippen LogP contribution in [0.5, 0.6) is 5.75 Å². The summed E-state index contributed by atoms with van der Waals surface area (Å²) in [6, 6.07) is 8.64. The van der Waals surface area contributed by atoms with Crippen molar-refractivity contribution in [2.24, 2.45) is 0 Å². The number of phenols is 1. The van der Waals surface area contributed by atoms with Crippen LogP contribution < -0.4 is 0 Å². The molecule has 0 aliphatic rings. The fourth-order valence-corrected chi connectivity index (χ4v) is 2.71. The Hall–Kier alpha value is -1.93. The lowest BCUT2D eigenvalue weighted by molar-refractivity contribution is 0.475. The molecular weight excluding hydrogens is 354 g/mol. The van der Waals surface area contributed by atoms with Crippen LogP contribution in [-0.4, -0.2) is 30.3 Å². The average molecular weight is 364 g/mol. The van der Waals surface area contributed by atoms with Gasteiger partial charge in [-0.05, 0) is 80.9 Å². The van der Waals surface area contributed by atoms with E-state index < -0.39 is 0 Å². The van der Waals surface area contributed by atoms with Crippen molar-refractivity contribution in [1.82, 2.24) is 25.2 Å². The smallest absolute Gasteiger partial charge is 0.220 e. The van der Waals surface area contributed by atoms with Crippen LogP contribution in [0.1, 0.15) is 5.56 Å². The van der Waals surface area contributed by atoms with Crippen LogP contribution in [-0.2, 0) is 0 Å². The minimum Gasteiger partial charge on any atom is -0.508 e. The highest BCUT2D eigenvalue weighted by atomic mass is 79.9. The highest BCUT2D eigenvalue weighted by Gasteiger charge is 2.11. The normalized spacial score (nSPS) is 10.8. The van der Waals surface area contributed by atoms with Gasteiger partial charge < -0.3 is 5.11 Å². The van der Waals surface area contributed by atoms with E-state index in [1.807, 2.05) is 13.0 Å². The fraction of sp³-hybridized carbons (Fsp3) is 0.0769. The first-order chi connectivity index (χ1) is 10.1. The number of halogens is 1. The number of aryl methyl sites for hydroxylation is 1. The molecule has 3 rings (SSSR count). The molecule has 2 aromatic heterocycles. The quantitative estimate of drug-likeness (QED) is 0.770. The van der Waals surface area contributed by atoms with Gasteiger partial charge in [0.2, 0.25) is 5.16 Å². The highest BCUT2D eigenvalue weighted by molar-refractivity contribution is 9.10. The minimum absolute atomic E-state index is 0.200. The van der Waals surface area contributed by atoms with Crippen LogP contribution >= 0.6 is 27.7 Å². The lowest BCUT2D eigenvalue weighted by Crippen LogP contribution is -1.98. The van der Waals surface area contributed by atoms with E-state index >= 15 is 0 Å². The molecule has 0 aliphatic heterocycles. The summed E-state index contributed by atoms with van der Waals surface area (Å²) >= 11 is 4.80. The third-order valence-corrected chi connectivity index (χ3v) is 4.45. The van der Waals surface area contributed by atoms with Crippen molar-refractivity contribution in [2.45, 2.75) is 17.1 Å². The van der Waals surface area contributed by atoms with E-state index in [1.165, 1.54) is 11.8 Å². The zero-order chi connectivity index (χ0) is 14.8. The Morgan fingerprint density at radius 3 is 2.71 bits per heavy atom. The summed E-state index contributed by atoms with van der Waals surface area (Å²) in [5.74, 6) is 0.200. The van der Waals surface area contributed by atoms with Gasteiger partial charge in [-0.15, -0.1) is 5.10 Å². The molecule has 21 heavy (non-hydrogen) atoms. The Balaban J connectivity index is 1.92. The molecular formula is C13H10BrN5OS. The van der Waals surface area contributed by atoms with Gasteiger partial charge in [-0.2, -0.15) is 4.68 Å². The predicted octanol–water partition coefficient (Wildman–Crippen LogP) is 2.99. The average Bonchev–Trinajstić information content (AvgIpc) is 2.92. The van der Waals surface area contributed by atoms with Gasteiger partial charge in [0.25, 0.3) is 0 Å². The molecule has 0 spiro atoms. The van der Waals surface area contributed by atoms with Gasteiger partial charge in [0.15, 0.2) is 0 Å². The number of hydrogen-bond donors (Lipinski definition) is 1. The van der Waals surface area contributed by atoms with Crippen LogP contribution in [0.2, 0.25) is 0 Å². The van der Waals surface area contributed by atoms with Crippen molar-refractivity contribution < 1.29 is 5.11 Å². The number of pyridine rings is 1. The van der Waals surface area contributed by atoms with E-state index in [-0.39, 0.29) is 5.75 Å². The minimum atomic E-state index is 0.200. The molecule has 2 heterocycles. The zero-order valence-corrected chi connectivity index (χ0v) is 13.3. The summed E-state index contributed by atoms with van der Waals surface area (Å²) in [6.07, 6.45) is 1.76. The van der Waals surface area contributed by atoms with Gasteiger partial charge in [-0.25, -0.2) is 4.98 Å². The molecule has 1 aromatic carbocycles. The SMILES string of the molecule is Cc1cc(Sc2nnnn2-c2ccc(O)cc2)ncc1Br. The summed E-state index contributed by atoms with van der Waals surface area (Å²) in [6.45, 7) is 2.00. The van der Waals surface area contributed by atoms with Crippen LogP contribution in [0.25, 0.3) is 5.69 Å². The molecule has 0 amide bonds. The summed E-state index contributed by atoms with van der Waals surface area (Å²) in [5, 5.41) is 22.4. The lowest BCUT2D eigenvalue weighted by Gasteiger charge is -2.05. The van der Waals surface area contributed by atoms with Crippen molar-refractivity contribution in [3.63, 3.8) is 0 Å². The molecule has 0 fully saturated rings. The van der Waals surface area contributed by atoms with Crippen LogP contribution in [0, 0.1) is 6.92 Å². The fourth-order valence-electron chi connectivity index (χ4n) is 1.66.